The van der Waals surface area contributed by atoms with Crippen LogP contribution in [0.3, 0.4) is 0 Å². The lowest BCUT2D eigenvalue weighted by molar-refractivity contribution is 0.440. The first-order valence-electron chi connectivity index (χ1n) is 5.70. The summed E-state index contributed by atoms with van der Waals surface area (Å²) in [6, 6.07) is 0.358. The molecular formula is C11H24N2. The molecule has 1 rings (SSSR count). The van der Waals surface area contributed by atoms with Crippen molar-refractivity contribution in [1.82, 2.24) is 5.32 Å². The van der Waals surface area contributed by atoms with Gasteiger partial charge in [0.25, 0.3) is 0 Å². The molecule has 78 valence electrons. The Morgan fingerprint density at radius 1 is 1.38 bits per heavy atom. The van der Waals surface area contributed by atoms with Gasteiger partial charge in [-0.2, -0.15) is 0 Å². The number of rotatable bonds is 7. The van der Waals surface area contributed by atoms with Gasteiger partial charge in [0.15, 0.2) is 0 Å². The molecule has 3 N–H and O–H groups in total. The molecule has 2 atom stereocenters. The summed E-state index contributed by atoms with van der Waals surface area (Å²) in [6.07, 6.45) is 5.24. The first-order chi connectivity index (χ1) is 6.24. The molecule has 0 aromatic rings. The zero-order chi connectivity index (χ0) is 9.68. The highest BCUT2D eigenvalue weighted by Crippen LogP contribution is 2.35. The Bertz CT molecular complexity index is 132. The molecule has 0 aliphatic heterocycles. The minimum absolute atomic E-state index is 0.358. The average Bonchev–Trinajstić information content (AvgIpc) is 2.86. The third kappa shape index (κ3) is 4.63. The zero-order valence-electron chi connectivity index (χ0n) is 9.05. The highest BCUT2D eigenvalue weighted by atomic mass is 14.9. The van der Waals surface area contributed by atoms with Gasteiger partial charge in [-0.1, -0.05) is 20.3 Å². The average molecular weight is 184 g/mol. The lowest BCUT2D eigenvalue weighted by atomic mass is 10.1. The lowest BCUT2D eigenvalue weighted by Gasteiger charge is -2.14. The molecule has 1 fully saturated rings. The van der Waals surface area contributed by atoms with Crippen LogP contribution in [0.15, 0.2) is 0 Å². The van der Waals surface area contributed by atoms with E-state index in [-0.39, 0.29) is 0 Å². The second-order valence-corrected chi connectivity index (χ2v) is 4.52. The fraction of sp³-hybridized carbons (Fsp3) is 1.00. The van der Waals surface area contributed by atoms with E-state index in [1.807, 2.05) is 0 Å². The molecule has 0 radical (unpaired) electrons. The Morgan fingerprint density at radius 3 is 2.62 bits per heavy atom. The van der Waals surface area contributed by atoms with E-state index in [9.17, 15) is 0 Å². The Kier molecular flexibility index (Phi) is 4.74. The first-order valence-corrected chi connectivity index (χ1v) is 5.70. The number of hydrogen-bond donors (Lipinski definition) is 2. The number of hydrogen-bond acceptors (Lipinski definition) is 2. The molecule has 13 heavy (non-hydrogen) atoms. The molecule has 0 amide bonds. The second kappa shape index (κ2) is 5.61. The standard InChI is InChI=1S/C11H24N2/c1-3-4-11(12)8-13-7-9(2)10-5-6-10/h9-11,13H,3-8,12H2,1-2H3. The van der Waals surface area contributed by atoms with Gasteiger partial charge >= 0.3 is 0 Å². The third-order valence-electron chi connectivity index (χ3n) is 2.96. The van der Waals surface area contributed by atoms with Crippen LogP contribution < -0.4 is 11.1 Å². The molecule has 0 saturated heterocycles. The fourth-order valence-electron chi connectivity index (χ4n) is 1.80. The normalized spacial score (nSPS) is 21.5. The van der Waals surface area contributed by atoms with Gasteiger partial charge in [-0.15, -0.1) is 0 Å². The number of nitrogens with one attached hydrogen (secondary N) is 1. The SMILES string of the molecule is CCCC(N)CNCC(C)C1CC1. The van der Waals surface area contributed by atoms with Crippen molar-refractivity contribution in [2.45, 2.75) is 45.6 Å². The van der Waals surface area contributed by atoms with Gasteiger partial charge in [-0.05, 0) is 37.6 Å². The maximum Gasteiger partial charge on any atom is 0.0165 e. The topological polar surface area (TPSA) is 38.0 Å². The molecule has 1 aliphatic rings. The van der Waals surface area contributed by atoms with Crippen molar-refractivity contribution in [2.75, 3.05) is 13.1 Å². The molecule has 1 saturated carbocycles. The molecule has 0 bridgehead atoms. The van der Waals surface area contributed by atoms with Gasteiger partial charge in [0.1, 0.15) is 0 Å². The molecule has 2 unspecified atom stereocenters. The molecule has 1 aliphatic carbocycles. The maximum absolute atomic E-state index is 5.90. The van der Waals surface area contributed by atoms with Crippen LogP contribution in [0.25, 0.3) is 0 Å². The van der Waals surface area contributed by atoms with E-state index in [0.29, 0.717) is 6.04 Å². The Labute approximate surface area is 82.3 Å². The minimum Gasteiger partial charge on any atom is -0.327 e. The van der Waals surface area contributed by atoms with Crippen molar-refractivity contribution in [3.05, 3.63) is 0 Å². The molecule has 2 nitrogen and oxygen atoms in total. The molecular weight excluding hydrogens is 160 g/mol. The van der Waals surface area contributed by atoms with Gasteiger partial charge in [0.2, 0.25) is 0 Å². The first kappa shape index (κ1) is 11.0. The van der Waals surface area contributed by atoms with E-state index in [1.54, 1.807) is 0 Å². The van der Waals surface area contributed by atoms with Crippen LogP contribution in [0.5, 0.6) is 0 Å². The Balaban J connectivity index is 1.92. The van der Waals surface area contributed by atoms with Crippen LogP contribution in [0.4, 0.5) is 0 Å². The van der Waals surface area contributed by atoms with Crippen LogP contribution in [0.2, 0.25) is 0 Å². The van der Waals surface area contributed by atoms with Gasteiger partial charge in [0.05, 0.1) is 0 Å². The van der Waals surface area contributed by atoms with Crippen molar-refractivity contribution in [3.63, 3.8) is 0 Å². The van der Waals surface area contributed by atoms with Crippen molar-refractivity contribution < 1.29 is 0 Å². The third-order valence-corrected chi connectivity index (χ3v) is 2.96. The van der Waals surface area contributed by atoms with Gasteiger partial charge < -0.3 is 11.1 Å². The van der Waals surface area contributed by atoms with Crippen LogP contribution in [0.1, 0.15) is 39.5 Å². The quantitative estimate of drug-likeness (QED) is 0.632. The van der Waals surface area contributed by atoms with E-state index < -0.39 is 0 Å². The zero-order valence-corrected chi connectivity index (χ0v) is 9.05. The smallest absolute Gasteiger partial charge is 0.0165 e. The van der Waals surface area contributed by atoms with Gasteiger partial charge in [-0.3, -0.25) is 0 Å². The van der Waals surface area contributed by atoms with Gasteiger partial charge in [-0.25, -0.2) is 0 Å². The van der Waals surface area contributed by atoms with Crippen LogP contribution in [-0.4, -0.2) is 19.1 Å². The summed E-state index contributed by atoms with van der Waals surface area (Å²) in [5.74, 6) is 1.86. The van der Waals surface area contributed by atoms with Crippen LogP contribution in [0, 0.1) is 11.8 Å². The summed E-state index contributed by atoms with van der Waals surface area (Å²) >= 11 is 0. The van der Waals surface area contributed by atoms with Crippen LogP contribution in [-0.2, 0) is 0 Å². The molecule has 0 spiro atoms. The predicted octanol–water partition coefficient (Wildman–Crippen LogP) is 1.75. The Hall–Kier alpha value is -0.0800. The molecule has 0 heterocycles. The van der Waals surface area contributed by atoms with Gasteiger partial charge in [0, 0.05) is 12.6 Å². The van der Waals surface area contributed by atoms with Crippen molar-refractivity contribution in [3.8, 4) is 0 Å². The highest BCUT2D eigenvalue weighted by molar-refractivity contribution is 4.80. The monoisotopic (exact) mass is 184 g/mol. The molecule has 0 aromatic heterocycles. The Morgan fingerprint density at radius 2 is 2.08 bits per heavy atom. The fourth-order valence-corrected chi connectivity index (χ4v) is 1.80. The molecule has 2 heteroatoms. The van der Waals surface area contributed by atoms with Crippen LogP contribution >= 0.6 is 0 Å². The number of nitrogens with two attached hydrogens (primary N) is 1. The minimum atomic E-state index is 0.358. The van der Waals surface area contributed by atoms with E-state index in [4.69, 9.17) is 5.73 Å². The summed E-state index contributed by atoms with van der Waals surface area (Å²) in [4.78, 5) is 0. The largest absolute Gasteiger partial charge is 0.327 e. The second-order valence-electron chi connectivity index (χ2n) is 4.52. The predicted molar refractivity (Wildman–Crippen MR) is 57.6 cm³/mol. The maximum atomic E-state index is 5.90. The molecule has 0 aromatic carbocycles. The van der Waals surface area contributed by atoms with E-state index in [1.165, 1.54) is 19.3 Å². The van der Waals surface area contributed by atoms with E-state index in [2.05, 4.69) is 19.2 Å². The van der Waals surface area contributed by atoms with E-state index in [0.717, 1.165) is 31.3 Å². The van der Waals surface area contributed by atoms with Crippen molar-refractivity contribution >= 4 is 0 Å². The summed E-state index contributed by atoms with van der Waals surface area (Å²) in [5.41, 5.74) is 5.90. The summed E-state index contributed by atoms with van der Waals surface area (Å²) < 4.78 is 0. The lowest BCUT2D eigenvalue weighted by Crippen LogP contribution is -2.36. The van der Waals surface area contributed by atoms with Crippen molar-refractivity contribution in [2.24, 2.45) is 17.6 Å². The highest BCUT2D eigenvalue weighted by Gasteiger charge is 2.27. The van der Waals surface area contributed by atoms with Crippen molar-refractivity contribution in [1.29, 1.82) is 0 Å². The van der Waals surface area contributed by atoms with E-state index >= 15 is 0 Å². The summed E-state index contributed by atoms with van der Waals surface area (Å²) in [7, 11) is 0. The summed E-state index contributed by atoms with van der Waals surface area (Å²) in [5, 5.41) is 3.47. The summed E-state index contributed by atoms with van der Waals surface area (Å²) in [6.45, 7) is 6.68.